The summed E-state index contributed by atoms with van der Waals surface area (Å²) in [5, 5.41) is 2.92. The standard InChI is InChI=1S/C14H23N3O2S/c1-3-17-9-8-12(11-17)10-16-20(18,19)14-7-5-4-6-13(14)15-2/h4-7,12,15-16H,3,8-11H2,1-2H3. The van der Waals surface area contributed by atoms with E-state index >= 15 is 0 Å². The van der Waals surface area contributed by atoms with Gasteiger partial charge in [0.15, 0.2) is 0 Å². The van der Waals surface area contributed by atoms with Crippen molar-refractivity contribution in [3.8, 4) is 0 Å². The summed E-state index contributed by atoms with van der Waals surface area (Å²) >= 11 is 0. The molecule has 1 aliphatic rings. The van der Waals surface area contributed by atoms with Crippen molar-refractivity contribution in [1.82, 2.24) is 9.62 Å². The third-order valence-corrected chi connectivity index (χ3v) is 5.31. The molecule has 1 atom stereocenters. The summed E-state index contributed by atoms with van der Waals surface area (Å²) in [7, 11) is -1.72. The molecule has 0 spiro atoms. The summed E-state index contributed by atoms with van der Waals surface area (Å²) in [5.41, 5.74) is 0.626. The Hall–Kier alpha value is -1.11. The van der Waals surface area contributed by atoms with Gasteiger partial charge in [0.05, 0.1) is 5.69 Å². The van der Waals surface area contributed by atoms with E-state index < -0.39 is 10.0 Å². The molecule has 6 heteroatoms. The second-order valence-corrected chi connectivity index (χ2v) is 6.88. The van der Waals surface area contributed by atoms with Crippen LogP contribution in [-0.2, 0) is 10.0 Å². The van der Waals surface area contributed by atoms with Gasteiger partial charge in [0, 0.05) is 20.1 Å². The minimum absolute atomic E-state index is 0.313. The molecule has 1 aromatic carbocycles. The minimum atomic E-state index is -3.45. The van der Waals surface area contributed by atoms with Crippen LogP contribution in [0.1, 0.15) is 13.3 Å². The van der Waals surface area contributed by atoms with E-state index in [0.29, 0.717) is 23.0 Å². The van der Waals surface area contributed by atoms with Crippen molar-refractivity contribution < 1.29 is 8.42 Å². The average molecular weight is 297 g/mol. The molecule has 1 fully saturated rings. The van der Waals surface area contributed by atoms with Crippen LogP contribution in [0.4, 0.5) is 5.69 Å². The van der Waals surface area contributed by atoms with Crippen LogP contribution in [0.15, 0.2) is 29.2 Å². The number of anilines is 1. The first kappa shape index (κ1) is 15.3. The molecule has 0 bridgehead atoms. The van der Waals surface area contributed by atoms with Crippen molar-refractivity contribution in [2.45, 2.75) is 18.2 Å². The Morgan fingerprint density at radius 1 is 1.35 bits per heavy atom. The van der Waals surface area contributed by atoms with Gasteiger partial charge in [-0.15, -0.1) is 0 Å². The van der Waals surface area contributed by atoms with E-state index in [9.17, 15) is 8.42 Å². The molecule has 0 radical (unpaired) electrons. The summed E-state index contributed by atoms with van der Waals surface area (Å²) in [5.74, 6) is 0.409. The zero-order chi connectivity index (χ0) is 14.6. The summed E-state index contributed by atoms with van der Waals surface area (Å²) < 4.78 is 27.5. The number of hydrogen-bond acceptors (Lipinski definition) is 4. The van der Waals surface area contributed by atoms with Gasteiger partial charge in [-0.2, -0.15) is 0 Å². The molecule has 1 aromatic rings. The Bertz CT molecular complexity index is 545. The molecule has 2 N–H and O–H groups in total. The van der Waals surface area contributed by atoms with Crippen LogP contribution >= 0.6 is 0 Å². The van der Waals surface area contributed by atoms with Crippen LogP contribution in [0.5, 0.6) is 0 Å². The third kappa shape index (κ3) is 3.50. The van der Waals surface area contributed by atoms with Gasteiger partial charge in [-0.05, 0) is 37.6 Å². The second kappa shape index (κ2) is 6.56. The molecular weight excluding hydrogens is 274 g/mol. The van der Waals surface area contributed by atoms with E-state index in [0.717, 1.165) is 26.1 Å². The zero-order valence-electron chi connectivity index (χ0n) is 12.1. The van der Waals surface area contributed by atoms with Gasteiger partial charge >= 0.3 is 0 Å². The van der Waals surface area contributed by atoms with Gasteiger partial charge in [0.25, 0.3) is 0 Å². The number of likely N-dealkylation sites (tertiary alicyclic amines) is 1. The smallest absolute Gasteiger partial charge is 0.242 e. The highest BCUT2D eigenvalue weighted by molar-refractivity contribution is 7.89. The number of hydrogen-bond donors (Lipinski definition) is 2. The zero-order valence-corrected chi connectivity index (χ0v) is 12.9. The van der Waals surface area contributed by atoms with E-state index in [2.05, 4.69) is 21.9 Å². The van der Waals surface area contributed by atoms with E-state index in [1.54, 1.807) is 25.2 Å². The van der Waals surface area contributed by atoms with Crippen molar-refractivity contribution in [2.24, 2.45) is 5.92 Å². The lowest BCUT2D eigenvalue weighted by atomic mass is 10.1. The Labute approximate surface area is 121 Å². The molecule has 1 unspecified atom stereocenters. The predicted octanol–water partition coefficient (Wildman–Crippen LogP) is 1.35. The lowest BCUT2D eigenvalue weighted by molar-refractivity contribution is 0.342. The van der Waals surface area contributed by atoms with Crippen LogP contribution in [0.3, 0.4) is 0 Å². The molecule has 112 valence electrons. The minimum Gasteiger partial charge on any atom is -0.387 e. The summed E-state index contributed by atoms with van der Waals surface area (Å²) in [6, 6.07) is 6.95. The highest BCUT2D eigenvalue weighted by Crippen LogP contribution is 2.21. The fourth-order valence-corrected chi connectivity index (χ4v) is 3.91. The van der Waals surface area contributed by atoms with E-state index in [1.165, 1.54) is 0 Å². The fourth-order valence-electron chi connectivity index (χ4n) is 2.58. The first-order valence-electron chi connectivity index (χ1n) is 7.05. The number of nitrogens with zero attached hydrogens (tertiary/aromatic N) is 1. The second-order valence-electron chi connectivity index (χ2n) is 5.15. The fraction of sp³-hybridized carbons (Fsp3) is 0.571. The van der Waals surface area contributed by atoms with Gasteiger partial charge in [0.2, 0.25) is 10.0 Å². The molecule has 1 saturated heterocycles. The van der Waals surface area contributed by atoms with Crippen molar-refractivity contribution in [1.29, 1.82) is 0 Å². The summed E-state index contributed by atoms with van der Waals surface area (Å²) in [6.45, 7) is 5.72. The molecule has 20 heavy (non-hydrogen) atoms. The molecule has 0 saturated carbocycles. The van der Waals surface area contributed by atoms with E-state index in [-0.39, 0.29) is 0 Å². The molecule has 2 rings (SSSR count). The van der Waals surface area contributed by atoms with Crippen LogP contribution in [0.25, 0.3) is 0 Å². The highest BCUT2D eigenvalue weighted by Gasteiger charge is 2.24. The summed E-state index contributed by atoms with van der Waals surface area (Å²) in [6.07, 6.45) is 1.06. The third-order valence-electron chi connectivity index (χ3n) is 3.83. The molecule has 0 amide bonds. The number of para-hydroxylation sites is 1. The van der Waals surface area contributed by atoms with Crippen molar-refractivity contribution in [2.75, 3.05) is 38.5 Å². The predicted molar refractivity (Wildman–Crippen MR) is 81.4 cm³/mol. The Kier molecular flexibility index (Phi) is 5.01. The highest BCUT2D eigenvalue weighted by atomic mass is 32.2. The summed E-state index contributed by atoms with van der Waals surface area (Å²) in [4.78, 5) is 2.66. The number of sulfonamides is 1. The average Bonchev–Trinajstić information content (AvgIpc) is 2.93. The van der Waals surface area contributed by atoms with Crippen molar-refractivity contribution >= 4 is 15.7 Å². The topological polar surface area (TPSA) is 61.4 Å². The van der Waals surface area contributed by atoms with Crippen LogP contribution in [-0.4, -0.2) is 46.5 Å². The van der Waals surface area contributed by atoms with Gasteiger partial charge in [-0.1, -0.05) is 19.1 Å². The maximum atomic E-state index is 12.4. The maximum Gasteiger partial charge on any atom is 0.242 e. The van der Waals surface area contributed by atoms with Crippen molar-refractivity contribution in [3.63, 3.8) is 0 Å². The van der Waals surface area contributed by atoms with E-state index in [4.69, 9.17) is 0 Å². The maximum absolute atomic E-state index is 12.4. The Morgan fingerprint density at radius 3 is 2.75 bits per heavy atom. The Balaban J connectivity index is 2.01. The number of nitrogens with one attached hydrogen (secondary N) is 2. The SMILES string of the molecule is CCN1CCC(CNS(=O)(=O)c2ccccc2NC)C1. The van der Waals surface area contributed by atoms with Crippen molar-refractivity contribution in [3.05, 3.63) is 24.3 Å². The largest absolute Gasteiger partial charge is 0.387 e. The van der Waals surface area contributed by atoms with Crippen LogP contribution < -0.4 is 10.0 Å². The molecule has 0 aliphatic carbocycles. The quantitative estimate of drug-likeness (QED) is 0.832. The van der Waals surface area contributed by atoms with E-state index in [1.807, 2.05) is 6.07 Å². The molecular formula is C14H23N3O2S. The molecule has 1 aliphatic heterocycles. The van der Waals surface area contributed by atoms with Gasteiger partial charge in [-0.3, -0.25) is 0 Å². The van der Waals surface area contributed by atoms with Gasteiger partial charge in [0.1, 0.15) is 4.90 Å². The first-order valence-corrected chi connectivity index (χ1v) is 8.54. The monoisotopic (exact) mass is 297 g/mol. The Morgan fingerprint density at radius 2 is 2.10 bits per heavy atom. The number of benzene rings is 1. The van der Waals surface area contributed by atoms with Crippen LogP contribution in [0, 0.1) is 5.92 Å². The molecule has 1 heterocycles. The lowest BCUT2D eigenvalue weighted by Crippen LogP contribution is -2.31. The molecule has 0 aromatic heterocycles. The normalized spacial score (nSPS) is 20.2. The van der Waals surface area contributed by atoms with Gasteiger partial charge < -0.3 is 10.2 Å². The number of rotatable bonds is 6. The van der Waals surface area contributed by atoms with Crippen LogP contribution in [0.2, 0.25) is 0 Å². The first-order chi connectivity index (χ1) is 9.56. The van der Waals surface area contributed by atoms with Gasteiger partial charge in [-0.25, -0.2) is 13.1 Å². The lowest BCUT2D eigenvalue weighted by Gasteiger charge is -2.15. The molecule has 5 nitrogen and oxygen atoms in total.